The monoisotopic (exact) mass is 554 g/mol. The Bertz CT molecular complexity index is 1100. The van der Waals surface area contributed by atoms with Crippen molar-refractivity contribution in [1.29, 1.82) is 0 Å². The first-order valence-corrected chi connectivity index (χ1v) is 15.3. The summed E-state index contributed by atoms with van der Waals surface area (Å²) in [5, 5.41) is -0.424. The number of thioether (sulfide) groups is 1. The zero-order valence-electron chi connectivity index (χ0n) is 21.7. The Kier molecular flexibility index (Phi) is 10.5. The lowest BCUT2D eigenvalue weighted by Crippen LogP contribution is -2.23. The molecule has 0 aromatic heterocycles. The molecule has 1 aliphatic heterocycles. The van der Waals surface area contributed by atoms with Crippen LogP contribution in [0.3, 0.4) is 0 Å². The van der Waals surface area contributed by atoms with Gasteiger partial charge in [0.2, 0.25) is 5.83 Å². The van der Waals surface area contributed by atoms with Crippen molar-refractivity contribution in [1.82, 2.24) is 0 Å². The summed E-state index contributed by atoms with van der Waals surface area (Å²) < 4.78 is 61.4. The van der Waals surface area contributed by atoms with Gasteiger partial charge in [-0.15, -0.1) is 11.8 Å². The molecule has 1 heterocycles. The number of ether oxygens (including phenoxy) is 2. The Morgan fingerprint density at radius 2 is 1.89 bits per heavy atom. The van der Waals surface area contributed by atoms with Gasteiger partial charge in [-0.05, 0) is 67.7 Å². The summed E-state index contributed by atoms with van der Waals surface area (Å²) in [6.07, 6.45) is 4.16. The first-order chi connectivity index (χ1) is 17.6. The third-order valence-corrected chi connectivity index (χ3v) is 10.1. The number of halogens is 2. The molecule has 0 bridgehead atoms. The van der Waals surface area contributed by atoms with Gasteiger partial charge in [0.05, 0.1) is 21.6 Å². The maximum absolute atomic E-state index is 14.2. The SMILES string of the molecule is CCCCC1CC(c2ccc(F)cc2)c2cc(SCC)c(O/C=C(\F)C(=O)OCC)cc2S(O)(O)C1C. The molecular weight excluding hydrogens is 518 g/mol. The van der Waals surface area contributed by atoms with Gasteiger partial charge in [0.15, 0.2) is 0 Å². The highest BCUT2D eigenvalue weighted by atomic mass is 32.3. The van der Waals surface area contributed by atoms with Crippen LogP contribution < -0.4 is 4.74 Å². The van der Waals surface area contributed by atoms with E-state index in [2.05, 4.69) is 11.7 Å². The minimum Gasteiger partial charge on any atom is -0.461 e. The Morgan fingerprint density at radius 3 is 2.51 bits per heavy atom. The summed E-state index contributed by atoms with van der Waals surface area (Å²) in [5.41, 5.74) is 1.64. The Morgan fingerprint density at radius 1 is 1.19 bits per heavy atom. The Labute approximate surface area is 224 Å². The van der Waals surface area contributed by atoms with Gasteiger partial charge >= 0.3 is 5.97 Å². The second-order valence-electron chi connectivity index (χ2n) is 9.11. The van der Waals surface area contributed by atoms with Crippen molar-refractivity contribution in [3.05, 3.63) is 65.4 Å². The summed E-state index contributed by atoms with van der Waals surface area (Å²) in [6.45, 7) is 7.53. The zero-order valence-corrected chi connectivity index (χ0v) is 23.3. The second kappa shape index (κ2) is 13.1. The van der Waals surface area contributed by atoms with Gasteiger partial charge in [-0.1, -0.05) is 38.8 Å². The highest BCUT2D eigenvalue weighted by Gasteiger charge is 2.40. The van der Waals surface area contributed by atoms with Crippen LogP contribution >= 0.6 is 22.4 Å². The van der Waals surface area contributed by atoms with E-state index in [0.717, 1.165) is 30.4 Å². The summed E-state index contributed by atoms with van der Waals surface area (Å²) in [5.74, 6) is -1.90. The molecule has 37 heavy (non-hydrogen) atoms. The molecule has 0 aliphatic carbocycles. The number of benzene rings is 2. The molecule has 3 rings (SSSR count). The van der Waals surface area contributed by atoms with E-state index >= 15 is 0 Å². The number of esters is 1. The number of rotatable bonds is 10. The Hall–Kier alpha value is -2.07. The third kappa shape index (κ3) is 6.88. The van der Waals surface area contributed by atoms with Crippen molar-refractivity contribution >= 4 is 28.3 Å². The van der Waals surface area contributed by atoms with Crippen LogP contribution in [-0.4, -0.2) is 32.7 Å². The summed E-state index contributed by atoms with van der Waals surface area (Å²) in [4.78, 5) is 12.7. The largest absolute Gasteiger partial charge is 0.461 e. The van der Waals surface area contributed by atoms with Gasteiger partial charge in [-0.3, -0.25) is 9.11 Å². The molecule has 2 N–H and O–H groups in total. The van der Waals surface area contributed by atoms with E-state index in [9.17, 15) is 22.7 Å². The summed E-state index contributed by atoms with van der Waals surface area (Å²) in [7, 11) is -3.27. The first kappa shape index (κ1) is 29.5. The fourth-order valence-corrected chi connectivity index (χ4v) is 7.52. The van der Waals surface area contributed by atoms with Gasteiger partial charge in [0.25, 0.3) is 0 Å². The zero-order chi connectivity index (χ0) is 27.2. The molecule has 0 saturated heterocycles. The minimum absolute atomic E-state index is 0.0264. The predicted molar refractivity (Wildman–Crippen MR) is 146 cm³/mol. The van der Waals surface area contributed by atoms with Crippen molar-refractivity contribution in [2.45, 2.75) is 74.3 Å². The molecule has 0 spiro atoms. The molecular formula is C28H36F2O5S2. The molecule has 3 unspecified atom stereocenters. The lowest BCUT2D eigenvalue weighted by Gasteiger charge is -2.41. The maximum atomic E-state index is 14.2. The van der Waals surface area contributed by atoms with E-state index in [1.807, 2.05) is 19.9 Å². The smallest absolute Gasteiger partial charge is 0.370 e. The average molecular weight is 555 g/mol. The maximum Gasteiger partial charge on any atom is 0.370 e. The lowest BCUT2D eigenvalue weighted by molar-refractivity contribution is -0.140. The van der Waals surface area contributed by atoms with Gasteiger partial charge in [0, 0.05) is 12.0 Å². The molecule has 0 radical (unpaired) electrons. The van der Waals surface area contributed by atoms with E-state index in [4.69, 9.17) is 4.74 Å². The van der Waals surface area contributed by atoms with E-state index in [0.29, 0.717) is 28.2 Å². The molecule has 0 fully saturated rings. The van der Waals surface area contributed by atoms with Gasteiger partial charge < -0.3 is 9.47 Å². The van der Waals surface area contributed by atoms with E-state index in [-0.39, 0.29) is 30.0 Å². The molecule has 204 valence electrons. The quantitative estimate of drug-likeness (QED) is 0.133. The fraction of sp³-hybridized carbons (Fsp3) is 0.464. The number of hydrogen-bond donors (Lipinski definition) is 2. The van der Waals surface area contributed by atoms with Gasteiger partial charge in [-0.2, -0.15) is 15.0 Å². The Balaban J connectivity index is 2.17. The first-order valence-electron chi connectivity index (χ1n) is 12.7. The highest BCUT2D eigenvalue weighted by Crippen LogP contribution is 2.63. The van der Waals surface area contributed by atoms with E-state index in [1.54, 1.807) is 25.1 Å². The number of hydrogen-bond acceptors (Lipinski definition) is 6. The summed E-state index contributed by atoms with van der Waals surface area (Å²) in [6, 6.07) is 9.77. The van der Waals surface area contributed by atoms with Crippen molar-refractivity contribution in [2.24, 2.45) is 5.92 Å². The minimum atomic E-state index is -3.27. The molecule has 0 amide bonds. The molecule has 9 heteroatoms. The second-order valence-corrected chi connectivity index (χ2v) is 12.8. The van der Waals surface area contributed by atoms with Crippen LogP contribution in [0.1, 0.15) is 70.4 Å². The topological polar surface area (TPSA) is 76.0 Å². The predicted octanol–water partition coefficient (Wildman–Crippen LogP) is 8.53. The standard InChI is InChI=1S/C28H36F2O5S2/c1-5-8-9-20-14-22(19-10-12-21(29)13-11-19)23-15-26(36-7-3)25(16-27(23)37(32,33)18(20)4)35-17-24(30)28(31)34-6-2/h10-13,15-18,20,22,32-33H,5-9,14H2,1-4H3/b24-17-. The number of carbonyl (C=O) groups excluding carboxylic acids is 1. The molecule has 5 nitrogen and oxygen atoms in total. The van der Waals surface area contributed by atoms with Crippen LogP contribution in [0.5, 0.6) is 5.75 Å². The fourth-order valence-electron chi connectivity index (χ4n) is 4.73. The van der Waals surface area contributed by atoms with Crippen LogP contribution in [0.25, 0.3) is 0 Å². The normalized spacial score (nSPS) is 22.1. The third-order valence-electron chi connectivity index (χ3n) is 6.76. The lowest BCUT2D eigenvalue weighted by atomic mass is 9.81. The van der Waals surface area contributed by atoms with E-state index in [1.165, 1.54) is 23.9 Å². The average Bonchev–Trinajstić information content (AvgIpc) is 2.95. The molecule has 2 aromatic rings. The van der Waals surface area contributed by atoms with Crippen LogP contribution in [0.2, 0.25) is 0 Å². The molecule has 1 aliphatic rings. The van der Waals surface area contributed by atoms with Crippen molar-refractivity contribution in [2.75, 3.05) is 12.4 Å². The number of carbonyl (C=O) groups is 1. The van der Waals surface area contributed by atoms with E-state index < -0.39 is 27.6 Å². The highest BCUT2D eigenvalue weighted by molar-refractivity contribution is 8.24. The van der Waals surface area contributed by atoms with Crippen LogP contribution in [0.15, 0.2) is 58.3 Å². The van der Waals surface area contributed by atoms with Crippen LogP contribution in [0.4, 0.5) is 8.78 Å². The van der Waals surface area contributed by atoms with Crippen molar-refractivity contribution in [3.63, 3.8) is 0 Å². The van der Waals surface area contributed by atoms with Crippen molar-refractivity contribution < 1.29 is 32.2 Å². The van der Waals surface area contributed by atoms with Gasteiger partial charge in [-0.25, -0.2) is 9.18 Å². The molecule has 2 aromatic carbocycles. The van der Waals surface area contributed by atoms with Crippen LogP contribution in [-0.2, 0) is 9.53 Å². The van der Waals surface area contributed by atoms with Crippen molar-refractivity contribution in [3.8, 4) is 5.75 Å². The molecule has 3 atom stereocenters. The van der Waals surface area contributed by atoms with Crippen LogP contribution in [0, 0.1) is 11.7 Å². The number of fused-ring (bicyclic) bond motifs is 1. The summed E-state index contributed by atoms with van der Waals surface area (Å²) >= 11 is 1.46. The van der Waals surface area contributed by atoms with Gasteiger partial charge in [0.1, 0.15) is 17.8 Å². The number of unbranched alkanes of at least 4 members (excludes halogenated alkanes) is 1. The molecule has 0 saturated carbocycles.